The lowest BCUT2D eigenvalue weighted by molar-refractivity contribution is 0.251. The van der Waals surface area contributed by atoms with Crippen LogP contribution in [0, 0.1) is 0 Å². The number of nitrogens with zero attached hydrogens (tertiary/aromatic N) is 2. The van der Waals surface area contributed by atoms with E-state index in [0.29, 0.717) is 17.6 Å². The van der Waals surface area contributed by atoms with E-state index < -0.39 is 0 Å². The van der Waals surface area contributed by atoms with Crippen LogP contribution in [0.5, 0.6) is 0 Å². The summed E-state index contributed by atoms with van der Waals surface area (Å²) in [7, 11) is 0. The highest BCUT2D eigenvalue weighted by molar-refractivity contribution is 7.15. The van der Waals surface area contributed by atoms with Crippen LogP contribution >= 0.6 is 22.7 Å². The number of amides is 2. The monoisotopic (exact) mass is 350 g/mol. The molecule has 2 N–H and O–H groups in total. The van der Waals surface area contributed by atoms with Crippen LogP contribution in [-0.2, 0) is 0 Å². The summed E-state index contributed by atoms with van der Waals surface area (Å²) < 4.78 is 0. The third kappa shape index (κ3) is 4.51. The zero-order chi connectivity index (χ0) is 16.1. The number of urea groups is 1. The van der Waals surface area contributed by atoms with Gasteiger partial charge in [0.2, 0.25) is 0 Å². The lowest BCUT2D eigenvalue weighted by atomic mass is 9.89. The normalized spacial score (nSPS) is 16.9. The molecule has 0 bridgehead atoms. The first-order valence-electron chi connectivity index (χ1n) is 8.12. The number of hydrogen-bond donors (Lipinski definition) is 2. The summed E-state index contributed by atoms with van der Waals surface area (Å²) in [6.45, 7) is 2.63. The number of aromatic nitrogens is 2. The summed E-state index contributed by atoms with van der Waals surface area (Å²) in [6.07, 6.45) is 10.2. The number of anilines is 1. The first-order valence-corrected chi connectivity index (χ1v) is 9.82. The largest absolute Gasteiger partial charge is 0.337 e. The number of nitrogens with one attached hydrogen (secondary N) is 2. The highest BCUT2D eigenvalue weighted by Crippen LogP contribution is 2.36. The summed E-state index contributed by atoms with van der Waals surface area (Å²) in [5.41, 5.74) is 0. The van der Waals surface area contributed by atoms with Crippen molar-refractivity contribution in [1.29, 1.82) is 0 Å². The lowest BCUT2D eigenvalue weighted by Gasteiger charge is -2.19. The number of carbonyl (C=O) groups excluding carboxylic acids is 1. The van der Waals surface area contributed by atoms with Crippen molar-refractivity contribution in [1.82, 2.24) is 15.3 Å². The topological polar surface area (TPSA) is 66.9 Å². The van der Waals surface area contributed by atoms with Crippen molar-refractivity contribution < 1.29 is 4.79 Å². The minimum absolute atomic E-state index is 0.196. The molecular formula is C16H22N4OS2. The molecule has 2 heterocycles. The SMILES string of the molecule is C[C@@H](CNC(=O)Nc1ncc(C2CCCCC2)s1)c1nccs1. The van der Waals surface area contributed by atoms with E-state index in [1.54, 1.807) is 28.9 Å². The van der Waals surface area contributed by atoms with Gasteiger partial charge in [-0.25, -0.2) is 14.8 Å². The molecule has 0 aliphatic heterocycles. The molecule has 1 atom stereocenters. The molecule has 0 spiro atoms. The van der Waals surface area contributed by atoms with Crippen LogP contribution < -0.4 is 10.6 Å². The van der Waals surface area contributed by atoms with Gasteiger partial charge < -0.3 is 5.32 Å². The van der Waals surface area contributed by atoms with E-state index in [9.17, 15) is 4.79 Å². The molecular weight excluding hydrogens is 328 g/mol. The Morgan fingerprint density at radius 2 is 2.17 bits per heavy atom. The Morgan fingerprint density at radius 1 is 1.35 bits per heavy atom. The van der Waals surface area contributed by atoms with Crippen molar-refractivity contribution in [2.75, 3.05) is 11.9 Å². The van der Waals surface area contributed by atoms with Crippen LogP contribution in [0.1, 0.15) is 60.7 Å². The van der Waals surface area contributed by atoms with Gasteiger partial charge in [-0.15, -0.1) is 22.7 Å². The van der Waals surface area contributed by atoms with E-state index in [0.717, 1.165) is 5.01 Å². The van der Waals surface area contributed by atoms with Gasteiger partial charge in [-0.05, 0) is 18.8 Å². The second kappa shape index (κ2) is 7.88. The molecule has 2 aromatic heterocycles. The fourth-order valence-corrected chi connectivity index (χ4v) is 4.55. The van der Waals surface area contributed by atoms with E-state index in [1.807, 2.05) is 11.6 Å². The van der Waals surface area contributed by atoms with Gasteiger partial charge >= 0.3 is 6.03 Å². The van der Waals surface area contributed by atoms with Crippen molar-refractivity contribution in [2.45, 2.75) is 50.9 Å². The minimum atomic E-state index is -0.196. The van der Waals surface area contributed by atoms with Crippen LogP contribution in [0.4, 0.5) is 9.93 Å². The van der Waals surface area contributed by atoms with Crippen molar-refractivity contribution in [2.24, 2.45) is 0 Å². The van der Waals surface area contributed by atoms with Crippen molar-refractivity contribution in [3.63, 3.8) is 0 Å². The summed E-state index contributed by atoms with van der Waals surface area (Å²) in [4.78, 5) is 21.9. The van der Waals surface area contributed by atoms with Gasteiger partial charge in [0, 0.05) is 35.1 Å². The first-order chi connectivity index (χ1) is 11.2. The molecule has 0 unspecified atom stereocenters. The van der Waals surface area contributed by atoms with E-state index in [1.165, 1.54) is 37.0 Å². The van der Waals surface area contributed by atoms with E-state index in [-0.39, 0.29) is 11.9 Å². The van der Waals surface area contributed by atoms with Crippen LogP contribution in [0.15, 0.2) is 17.8 Å². The summed E-state index contributed by atoms with van der Waals surface area (Å²) in [5, 5.41) is 9.41. The summed E-state index contributed by atoms with van der Waals surface area (Å²) in [6, 6.07) is -0.196. The maximum atomic E-state index is 12.0. The molecule has 7 heteroatoms. The molecule has 2 amide bonds. The minimum Gasteiger partial charge on any atom is -0.337 e. The zero-order valence-electron chi connectivity index (χ0n) is 13.2. The Hall–Kier alpha value is -1.47. The Bertz CT molecular complexity index is 620. The maximum Gasteiger partial charge on any atom is 0.321 e. The van der Waals surface area contributed by atoms with Gasteiger partial charge in [-0.1, -0.05) is 26.2 Å². The molecule has 124 valence electrons. The molecule has 2 aromatic rings. The second-order valence-electron chi connectivity index (χ2n) is 6.01. The zero-order valence-corrected chi connectivity index (χ0v) is 14.9. The molecule has 3 rings (SSSR count). The van der Waals surface area contributed by atoms with E-state index >= 15 is 0 Å². The predicted molar refractivity (Wildman–Crippen MR) is 95.5 cm³/mol. The molecule has 1 fully saturated rings. The van der Waals surface area contributed by atoms with Gasteiger partial charge in [0.15, 0.2) is 5.13 Å². The predicted octanol–water partition coefficient (Wildman–Crippen LogP) is 4.57. The number of thiazole rings is 2. The van der Waals surface area contributed by atoms with Crippen LogP contribution in [0.3, 0.4) is 0 Å². The van der Waals surface area contributed by atoms with Gasteiger partial charge in [0.25, 0.3) is 0 Å². The van der Waals surface area contributed by atoms with Crippen LogP contribution in [0.2, 0.25) is 0 Å². The fraction of sp³-hybridized carbons (Fsp3) is 0.562. The van der Waals surface area contributed by atoms with E-state index in [4.69, 9.17) is 0 Å². The number of carbonyl (C=O) groups is 1. The second-order valence-corrected chi connectivity index (χ2v) is 8.00. The molecule has 0 radical (unpaired) electrons. The summed E-state index contributed by atoms with van der Waals surface area (Å²) in [5.74, 6) is 0.847. The smallest absolute Gasteiger partial charge is 0.321 e. The van der Waals surface area contributed by atoms with Crippen LogP contribution in [-0.4, -0.2) is 22.5 Å². The standard InChI is InChI=1S/C16H22N4OS2/c1-11(14-17-7-8-22-14)9-18-15(21)20-16-19-10-13(23-16)12-5-3-2-4-6-12/h7-8,10-12H,2-6,9H2,1H3,(H2,18,19,20,21)/t11-/m0/s1. The quantitative estimate of drug-likeness (QED) is 0.830. The highest BCUT2D eigenvalue weighted by atomic mass is 32.1. The summed E-state index contributed by atoms with van der Waals surface area (Å²) >= 11 is 3.22. The lowest BCUT2D eigenvalue weighted by Crippen LogP contribution is -2.31. The van der Waals surface area contributed by atoms with Crippen molar-refractivity contribution in [3.8, 4) is 0 Å². The highest BCUT2D eigenvalue weighted by Gasteiger charge is 2.18. The molecule has 1 aliphatic rings. The number of hydrogen-bond acceptors (Lipinski definition) is 5. The number of rotatable bonds is 5. The molecule has 1 saturated carbocycles. The fourth-order valence-electron chi connectivity index (χ4n) is 2.87. The van der Waals surface area contributed by atoms with Gasteiger partial charge in [0.05, 0.1) is 5.01 Å². The van der Waals surface area contributed by atoms with Crippen LogP contribution in [0.25, 0.3) is 0 Å². The van der Waals surface area contributed by atoms with E-state index in [2.05, 4.69) is 27.5 Å². The average molecular weight is 351 g/mol. The van der Waals surface area contributed by atoms with Gasteiger partial charge in [0.1, 0.15) is 0 Å². The molecule has 1 aliphatic carbocycles. The molecule has 0 saturated heterocycles. The van der Waals surface area contributed by atoms with Crippen molar-refractivity contribution >= 4 is 33.8 Å². The molecule has 5 nitrogen and oxygen atoms in total. The van der Waals surface area contributed by atoms with Crippen molar-refractivity contribution in [3.05, 3.63) is 27.7 Å². The Morgan fingerprint density at radius 3 is 2.91 bits per heavy atom. The third-order valence-corrected chi connectivity index (χ3v) is 6.28. The Labute approximate surface area is 144 Å². The van der Waals surface area contributed by atoms with Gasteiger partial charge in [-0.3, -0.25) is 5.32 Å². The molecule has 23 heavy (non-hydrogen) atoms. The maximum absolute atomic E-state index is 12.0. The Balaban J connectivity index is 1.47. The Kier molecular flexibility index (Phi) is 5.61. The van der Waals surface area contributed by atoms with Gasteiger partial charge in [-0.2, -0.15) is 0 Å². The first kappa shape index (κ1) is 16.4. The molecule has 0 aromatic carbocycles. The average Bonchev–Trinajstić information content (AvgIpc) is 3.25. The third-order valence-electron chi connectivity index (χ3n) is 4.19.